The van der Waals surface area contributed by atoms with Gasteiger partial charge in [-0.1, -0.05) is 48.5 Å². The quantitative estimate of drug-likeness (QED) is 0.169. The molecule has 6 nitrogen and oxygen atoms in total. The smallest absolute Gasteiger partial charge is 0.460 e. The van der Waals surface area contributed by atoms with Crippen LogP contribution in [-0.4, -0.2) is 12.0 Å². The molecule has 0 aliphatic carbocycles. The summed E-state index contributed by atoms with van der Waals surface area (Å²) in [4.78, 5) is 12.5. The van der Waals surface area contributed by atoms with Gasteiger partial charge in [0.2, 0.25) is 0 Å². The van der Waals surface area contributed by atoms with Crippen LogP contribution in [0.3, 0.4) is 0 Å². The third kappa shape index (κ3) is 7.48. The number of carbonyl (C=O) groups excluding carboxylic acids is 1. The van der Waals surface area contributed by atoms with E-state index in [0.29, 0.717) is 3.57 Å². The first-order valence-electron chi connectivity index (χ1n) is 9.95. The molecule has 0 aromatic heterocycles. The Morgan fingerprint density at radius 3 is 2.24 bits per heavy atom. The lowest BCUT2D eigenvalue weighted by atomic mass is 10.2. The van der Waals surface area contributed by atoms with Gasteiger partial charge >= 0.3 is 19.9 Å². The molecule has 3 aromatic carbocycles. The molecule has 0 aliphatic heterocycles. The van der Waals surface area contributed by atoms with Gasteiger partial charge in [0, 0.05) is 3.57 Å². The van der Waals surface area contributed by atoms with Gasteiger partial charge < -0.3 is 13.8 Å². The van der Waals surface area contributed by atoms with E-state index < -0.39 is 37.2 Å². The Labute approximate surface area is 208 Å². The number of esters is 1. The van der Waals surface area contributed by atoms with Crippen LogP contribution in [0.2, 0.25) is 0 Å². The van der Waals surface area contributed by atoms with Crippen molar-refractivity contribution in [1.29, 1.82) is 0 Å². The lowest BCUT2D eigenvalue weighted by Crippen LogP contribution is -2.35. The summed E-state index contributed by atoms with van der Waals surface area (Å²) in [6, 6.07) is 18.7. The summed E-state index contributed by atoms with van der Waals surface area (Å²) in [5.41, 5.74) is -0.394. The number of hydrogen-bond donors (Lipinski definition) is 1. The van der Waals surface area contributed by atoms with Crippen molar-refractivity contribution in [2.45, 2.75) is 25.7 Å². The van der Waals surface area contributed by atoms with Crippen LogP contribution in [0.4, 0.5) is 13.2 Å². The Bertz CT molecular complexity index is 1160. The lowest BCUT2D eigenvalue weighted by Gasteiger charge is -2.24. The minimum absolute atomic E-state index is 0.0360. The summed E-state index contributed by atoms with van der Waals surface area (Å²) in [5.74, 6) is -1.42. The zero-order valence-electron chi connectivity index (χ0n) is 17.8. The summed E-state index contributed by atoms with van der Waals surface area (Å²) in [7, 11) is -4.53. The number of benzene rings is 3. The molecule has 34 heavy (non-hydrogen) atoms. The molecular formula is C23H20F3INO5P. The highest BCUT2D eigenvalue weighted by Gasteiger charge is 2.39. The molecule has 2 atom stereocenters. The summed E-state index contributed by atoms with van der Waals surface area (Å²) in [6.07, 6.45) is -4.77. The van der Waals surface area contributed by atoms with Gasteiger partial charge in [0.25, 0.3) is 0 Å². The maximum absolute atomic E-state index is 13.6. The Balaban J connectivity index is 1.83. The zero-order valence-corrected chi connectivity index (χ0v) is 20.8. The molecule has 0 saturated heterocycles. The van der Waals surface area contributed by atoms with Gasteiger partial charge in [0.05, 0.1) is 5.56 Å². The van der Waals surface area contributed by atoms with E-state index in [2.05, 4.69) is 5.09 Å². The van der Waals surface area contributed by atoms with Crippen molar-refractivity contribution in [3.63, 3.8) is 0 Å². The van der Waals surface area contributed by atoms with Crippen LogP contribution in [0.25, 0.3) is 0 Å². The second kappa shape index (κ2) is 11.2. The summed E-state index contributed by atoms with van der Waals surface area (Å²) < 4.78 is 70.5. The number of alkyl halides is 3. The molecule has 1 N–H and O–H groups in total. The fourth-order valence-electron chi connectivity index (χ4n) is 2.77. The Kier molecular flexibility index (Phi) is 8.62. The van der Waals surface area contributed by atoms with Crippen LogP contribution in [0.1, 0.15) is 18.1 Å². The summed E-state index contributed by atoms with van der Waals surface area (Å²) in [5, 5.41) is 2.39. The molecule has 0 radical (unpaired) electrons. The van der Waals surface area contributed by atoms with Gasteiger partial charge in [-0.05, 0) is 65.4 Å². The van der Waals surface area contributed by atoms with Crippen molar-refractivity contribution in [3.8, 4) is 11.5 Å². The first-order chi connectivity index (χ1) is 16.1. The van der Waals surface area contributed by atoms with E-state index in [1.807, 2.05) is 6.07 Å². The number of ether oxygens (including phenoxy) is 1. The molecule has 1 unspecified atom stereocenters. The highest BCUT2D eigenvalue weighted by Crippen LogP contribution is 2.48. The number of para-hydroxylation sites is 1. The molecule has 0 spiro atoms. The van der Waals surface area contributed by atoms with E-state index in [9.17, 15) is 22.5 Å². The first-order valence-corrected chi connectivity index (χ1v) is 12.6. The predicted octanol–water partition coefficient (Wildman–Crippen LogP) is 6.60. The third-order valence-corrected chi connectivity index (χ3v) is 6.63. The van der Waals surface area contributed by atoms with Crippen molar-refractivity contribution in [2.24, 2.45) is 0 Å². The molecule has 0 fully saturated rings. The van der Waals surface area contributed by atoms with Gasteiger partial charge in [-0.3, -0.25) is 4.79 Å². The van der Waals surface area contributed by atoms with Gasteiger partial charge in [0.1, 0.15) is 24.1 Å². The monoisotopic (exact) mass is 605 g/mol. The molecule has 0 amide bonds. The van der Waals surface area contributed by atoms with Gasteiger partial charge in [-0.2, -0.15) is 18.3 Å². The molecule has 3 aromatic rings. The van der Waals surface area contributed by atoms with Gasteiger partial charge in [-0.25, -0.2) is 4.57 Å². The number of nitrogens with one attached hydrogen (secondary N) is 1. The predicted molar refractivity (Wildman–Crippen MR) is 128 cm³/mol. The minimum Gasteiger partial charge on any atom is -0.460 e. The van der Waals surface area contributed by atoms with Crippen LogP contribution in [0, 0.1) is 3.57 Å². The average molecular weight is 605 g/mol. The topological polar surface area (TPSA) is 73.9 Å². The lowest BCUT2D eigenvalue weighted by molar-refractivity contribution is -0.146. The van der Waals surface area contributed by atoms with Crippen molar-refractivity contribution >= 4 is 36.3 Å². The Morgan fingerprint density at radius 1 is 1.00 bits per heavy atom. The third-order valence-electron chi connectivity index (χ3n) is 4.36. The van der Waals surface area contributed by atoms with E-state index in [0.717, 1.165) is 17.7 Å². The largest absolute Gasteiger partial charge is 0.513 e. The van der Waals surface area contributed by atoms with Crippen molar-refractivity contribution in [1.82, 2.24) is 5.09 Å². The Morgan fingerprint density at radius 2 is 1.62 bits per heavy atom. The normalized spacial score (nSPS) is 14.0. The maximum atomic E-state index is 13.6. The number of hydrogen-bond acceptors (Lipinski definition) is 5. The van der Waals surface area contributed by atoms with Crippen LogP contribution < -0.4 is 14.1 Å². The second-order valence-corrected chi connectivity index (χ2v) is 9.94. The fraction of sp³-hybridized carbons (Fsp3) is 0.174. The zero-order chi connectivity index (χ0) is 24.8. The molecule has 0 bridgehead atoms. The molecular weight excluding hydrogens is 585 g/mol. The van der Waals surface area contributed by atoms with Gasteiger partial charge in [0.15, 0.2) is 0 Å². The minimum atomic E-state index is -4.77. The van der Waals surface area contributed by atoms with Crippen molar-refractivity contribution in [3.05, 3.63) is 93.6 Å². The van der Waals surface area contributed by atoms with E-state index in [-0.39, 0.29) is 12.4 Å². The molecule has 0 saturated carbocycles. The summed E-state index contributed by atoms with van der Waals surface area (Å²) in [6.45, 7) is 1.31. The van der Waals surface area contributed by atoms with E-state index in [1.54, 1.807) is 65.1 Å². The van der Waals surface area contributed by atoms with E-state index in [4.69, 9.17) is 13.8 Å². The highest BCUT2D eigenvalue weighted by molar-refractivity contribution is 14.1. The number of rotatable bonds is 9. The van der Waals surface area contributed by atoms with Gasteiger partial charge in [-0.15, -0.1) is 0 Å². The van der Waals surface area contributed by atoms with E-state index >= 15 is 0 Å². The summed E-state index contributed by atoms with van der Waals surface area (Å²) >= 11 is 1.73. The number of halogens is 4. The van der Waals surface area contributed by atoms with Crippen LogP contribution in [0.15, 0.2) is 78.9 Å². The molecule has 3 rings (SSSR count). The second-order valence-electron chi connectivity index (χ2n) is 7.08. The standard InChI is InChI=1S/C23H20F3INO5P/c1-16(22(29)31-15-17-8-4-2-5-9-17)28-34(30,32-19-10-6-3-7-11-19)33-21-13-12-18(27)14-20(21)23(24,25)26/h2-14,16H,15H2,1H3,(H,28,30)/t16-,34?/m0/s1. The average Bonchev–Trinajstić information content (AvgIpc) is 2.79. The Hall–Kier alpha value is -2.56. The molecule has 180 valence electrons. The van der Waals surface area contributed by atoms with E-state index in [1.165, 1.54) is 25.1 Å². The van der Waals surface area contributed by atoms with Crippen LogP contribution in [-0.2, 0) is 26.9 Å². The first kappa shape index (κ1) is 26.1. The molecule has 0 aliphatic rings. The van der Waals surface area contributed by atoms with Crippen molar-refractivity contribution < 1.29 is 36.3 Å². The number of carbonyl (C=O) groups is 1. The molecule has 0 heterocycles. The van der Waals surface area contributed by atoms with Crippen LogP contribution >= 0.6 is 30.3 Å². The van der Waals surface area contributed by atoms with Crippen LogP contribution in [0.5, 0.6) is 11.5 Å². The molecule has 11 heteroatoms. The SMILES string of the molecule is C[C@H](NP(=O)(Oc1ccccc1)Oc1ccc(I)cc1C(F)(F)F)C(=O)OCc1ccccc1. The highest BCUT2D eigenvalue weighted by atomic mass is 127. The fourth-order valence-corrected chi connectivity index (χ4v) is 4.80. The van der Waals surface area contributed by atoms with Crippen molar-refractivity contribution in [2.75, 3.05) is 0 Å². The maximum Gasteiger partial charge on any atom is 0.513 e.